The zero-order chi connectivity index (χ0) is 29.5. The van der Waals surface area contributed by atoms with Crippen molar-refractivity contribution in [3.05, 3.63) is 88.2 Å². The van der Waals surface area contributed by atoms with Crippen LogP contribution in [0.15, 0.2) is 60.0 Å². The molecule has 41 heavy (non-hydrogen) atoms. The molecule has 16 heteroatoms. The number of hydrogen-bond acceptors (Lipinski definition) is 8. The summed E-state index contributed by atoms with van der Waals surface area (Å²) in [7, 11) is 1.34. The van der Waals surface area contributed by atoms with Crippen molar-refractivity contribution in [2.75, 3.05) is 12.4 Å². The maximum absolute atomic E-state index is 14.4. The molecule has 5 rings (SSSR count). The monoisotopic (exact) mass is 592 g/mol. The van der Waals surface area contributed by atoms with Crippen molar-refractivity contribution in [2.24, 2.45) is 0 Å². The number of hydrogen-bond donors (Lipinski definition) is 1. The third-order valence-electron chi connectivity index (χ3n) is 5.76. The highest BCUT2D eigenvalue weighted by molar-refractivity contribution is 7.22. The predicted molar refractivity (Wildman–Crippen MR) is 135 cm³/mol. The number of aromatic nitrogens is 5. The van der Waals surface area contributed by atoms with E-state index in [-0.39, 0.29) is 38.0 Å². The van der Waals surface area contributed by atoms with Gasteiger partial charge >= 0.3 is 6.18 Å². The zero-order valence-corrected chi connectivity index (χ0v) is 21.2. The molecule has 0 aliphatic carbocycles. The molecule has 1 N–H and O–H groups in total. The lowest BCUT2D eigenvalue weighted by atomic mass is 10.0. The summed E-state index contributed by atoms with van der Waals surface area (Å²) in [5.74, 6) is -2.44. The second-order valence-corrected chi connectivity index (χ2v) is 9.26. The number of fused-ring (bicyclic) bond motifs is 1. The lowest BCUT2D eigenvalue weighted by molar-refractivity contribution is -0.141. The van der Waals surface area contributed by atoms with E-state index in [0.717, 1.165) is 42.1 Å². The molecule has 0 radical (unpaired) electrons. The minimum atomic E-state index is -4.68. The van der Waals surface area contributed by atoms with Gasteiger partial charge in [0.1, 0.15) is 17.3 Å². The van der Waals surface area contributed by atoms with Crippen LogP contribution in [0.3, 0.4) is 0 Å². The van der Waals surface area contributed by atoms with E-state index in [2.05, 4.69) is 25.3 Å². The molecule has 0 atom stereocenters. The first-order valence-electron chi connectivity index (χ1n) is 11.3. The van der Waals surface area contributed by atoms with E-state index in [1.54, 1.807) is 0 Å². The van der Waals surface area contributed by atoms with Crippen LogP contribution in [0.5, 0.6) is 5.75 Å². The van der Waals surface area contributed by atoms with E-state index in [1.165, 1.54) is 31.6 Å². The van der Waals surface area contributed by atoms with Gasteiger partial charge in [0.05, 0.1) is 34.7 Å². The molecule has 210 valence electrons. The van der Waals surface area contributed by atoms with Crippen LogP contribution in [0.1, 0.15) is 28.0 Å². The van der Waals surface area contributed by atoms with Crippen LogP contribution in [-0.2, 0) is 6.18 Å². The lowest BCUT2D eigenvalue weighted by Crippen LogP contribution is -2.24. The van der Waals surface area contributed by atoms with Gasteiger partial charge in [0.2, 0.25) is 0 Å². The molecule has 9 nitrogen and oxygen atoms in total. The Labute approximate surface area is 229 Å². The van der Waals surface area contributed by atoms with Crippen LogP contribution in [0, 0.1) is 5.82 Å². The molecule has 0 fully saturated rings. The average Bonchev–Trinajstić information content (AvgIpc) is 3.35. The van der Waals surface area contributed by atoms with E-state index < -0.39 is 41.1 Å². The van der Waals surface area contributed by atoms with Gasteiger partial charge in [-0.15, -0.1) is 0 Å². The number of alkyl halides is 5. The maximum atomic E-state index is 14.4. The fourth-order valence-electron chi connectivity index (χ4n) is 3.83. The Morgan fingerprint density at radius 2 is 1.88 bits per heavy atom. The van der Waals surface area contributed by atoms with Crippen molar-refractivity contribution in [1.82, 2.24) is 24.5 Å². The molecule has 0 unspecified atom stereocenters. The molecule has 0 spiro atoms. The first-order chi connectivity index (χ1) is 19.5. The Morgan fingerprint density at radius 3 is 2.59 bits per heavy atom. The summed E-state index contributed by atoms with van der Waals surface area (Å²) in [5.41, 5.74) is -3.31. The highest BCUT2D eigenvalue weighted by atomic mass is 32.1. The molecule has 1 amide bonds. The second-order valence-electron chi connectivity index (χ2n) is 8.23. The predicted octanol–water partition coefficient (Wildman–Crippen LogP) is 5.66. The molecule has 0 saturated carbocycles. The first kappa shape index (κ1) is 27.7. The largest absolute Gasteiger partial charge is 0.494 e. The van der Waals surface area contributed by atoms with E-state index in [4.69, 9.17) is 4.74 Å². The smallest absolute Gasteiger partial charge is 0.433 e. The van der Waals surface area contributed by atoms with Crippen molar-refractivity contribution in [3.8, 4) is 22.7 Å². The SMILES string of the molecule is COc1cnccc1-c1cc(-n2ccc(C(F)F)c(F)c2=O)ncc1C(=O)Nc1nc2cc(C(F)(F)F)ncc2s1. The molecule has 0 aliphatic heterocycles. The van der Waals surface area contributed by atoms with Gasteiger partial charge < -0.3 is 4.74 Å². The highest BCUT2D eigenvalue weighted by Gasteiger charge is 2.33. The Balaban J connectivity index is 1.59. The highest BCUT2D eigenvalue weighted by Crippen LogP contribution is 2.35. The number of pyridine rings is 4. The van der Waals surface area contributed by atoms with Crippen LogP contribution >= 0.6 is 11.3 Å². The average molecular weight is 592 g/mol. The van der Waals surface area contributed by atoms with Crippen molar-refractivity contribution in [1.29, 1.82) is 0 Å². The molecule has 0 aromatic carbocycles. The van der Waals surface area contributed by atoms with Gasteiger partial charge in [-0.2, -0.15) is 13.2 Å². The van der Waals surface area contributed by atoms with E-state index in [9.17, 15) is 35.9 Å². The normalized spacial score (nSPS) is 11.7. The fourth-order valence-corrected chi connectivity index (χ4v) is 4.64. The molecule has 5 aromatic heterocycles. The number of nitrogens with one attached hydrogen (secondary N) is 1. The van der Waals surface area contributed by atoms with E-state index in [0.29, 0.717) is 10.1 Å². The number of amides is 1. The molecule has 5 aromatic rings. The first-order valence-corrected chi connectivity index (χ1v) is 12.1. The Kier molecular flexibility index (Phi) is 7.17. The number of thiazole rings is 1. The van der Waals surface area contributed by atoms with Gasteiger partial charge in [0, 0.05) is 35.9 Å². The Bertz CT molecular complexity index is 1860. The van der Waals surface area contributed by atoms with Crippen LogP contribution in [0.25, 0.3) is 27.2 Å². The molecule has 0 bridgehead atoms. The van der Waals surface area contributed by atoms with Gasteiger partial charge in [0.15, 0.2) is 10.9 Å². The summed E-state index contributed by atoms with van der Waals surface area (Å²) >= 11 is 0.880. The molecular weight excluding hydrogens is 578 g/mol. The van der Waals surface area contributed by atoms with Crippen molar-refractivity contribution in [3.63, 3.8) is 0 Å². The number of nitrogens with zero attached hydrogens (tertiary/aromatic N) is 5. The summed E-state index contributed by atoms with van der Waals surface area (Å²) in [6, 6.07) is 4.22. The number of carbonyl (C=O) groups excluding carboxylic acids is 1. The van der Waals surface area contributed by atoms with Crippen molar-refractivity contribution < 1.29 is 35.9 Å². The van der Waals surface area contributed by atoms with Gasteiger partial charge in [0.25, 0.3) is 17.9 Å². The number of methoxy groups -OCH3 is 1. The number of ether oxygens (including phenoxy) is 1. The summed E-state index contributed by atoms with van der Waals surface area (Å²) in [6.07, 6.45) is -2.19. The zero-order valence-electron chi connectivity index (χ0n) is 20.4. The van der Waals surface area contributed by atoms with Crippen LogP contribution < -0.4 is 15.6 Å². The van der Waals surface area contributed by atoms with Gasteiger partial charge in [-0.3, -0.25) is 29.4 Å². The number of anilines is 1. The van der Waals surface area contributed by atoms with E-state index in [1.807, 2.05) is 0 Å². The fraction of sp³-hybridized carbons (Fsp3) is 0.120. The summed E-state index contributed by atoms with van der Waals surface area (Å²) in [5, 5.41) is 2.47. The summed E-state index contributed by atoms with van der Waals surface area (Å²) in [6.45, 7) is 0. The standard InChI is InChI=1S/C25H14F6N6O3S/c1-40-16-9-32-4-2-11(16)13-6-19(37-5-3-12(21(27)28)20(26)23(37)39)34-8-14(13)22(38)36-24-35-15-7-18(25(29,30)31)33-10-17(15)41-24/h2-10,21H,1H3,(H,35,36,38). The minimum absolute atomic E-state index is 0.0363. The molecule has 0 aliphatic rings. The third-order valence-corrected chi connectivity index (χ3v) is 6.68. The topological polar surface area (TPSA) is 112 Å². The van der Waals surface area contributed by atoms with Crippen LogP contribution in [0.4, 0.5) is 31.5 Å². The minimum Gasteiger partial charge on any atom is -0.494 e. The third kappa shape index (κ3) is 5.32. The Hall–Kier alpha value is -4.86. The number of halogens is 6. The maximum Gasteiger partial charge on any atom is 0.433 e. The number of carbonyl (C=O) groups is 1. The molecular formula is C25H14F6N6O3S. The number of rotatable bonds is 6. The van der Waals surface area contributed by atoms with Gasteiger partial charge in [-0.25, -0.2) is 23.1 Å². The summed E-state index contributed by atoms with van der Waals surface area (Å²) < 4.78 is 85.8. The molecule has 0 saturated heterocycles. The quantitative estimate of drug-likeness (QED) is 0.254. The van der Waals surface area contributed by atoms with Crippen LogP contribution in [-0.4, -0.2) is 37.5 Å². The van der Waals surface area contributed by atoms with Crippen molar-refractivity contribution in [2.45, 2.75) is 12.6 Å². The van der Waals surface area contributed by atoms with Gasteiger partial charge in [-0.05, 0) is 24.3 Å². The Morgan fingerprint density at radius 1 is 1.10 bits per heavy atom. The van der Waals surface area contributed by atoms with Gasteiger partial charge in [-0.1, -0.05) is 11.3 Å². The van der Waals surface area contributed by atoms with E-state index >= 15 is 0 Å². The van der Waals surface area contributed by atoms with Crippen LogP contribution in [0.2, 0.25) is 0 Å². The lowest BCUT2D eigenvalue weighted by Gasteiger charge is -2.14. The summed E-state index contributed by atoms with van der Waals surface area (Å²) in [4.78, 5) is 41.3. The second kappa shape index (κ2) is 10.6. The van der Waals surface area contributed by atoms with Crippen molar-refractivity contribution >= 4 is 32.6 Å². The molecule has 5 heterocycles.